The van der Waals surface area contributed by atoms with Gasteiger partial charge in [-0.1, -0.05) is 6.58 Å². The second-order valence-electron chi connectivity index (χ2n) is 3.49. The van der Waals surface area contributed by atoms with Gasteiger partial charge in [0.1, 0.15) is 10.7 Å². The number of ether oxygens (including phenoxy) is 1. The molecule has 0 saturated carbocycles. The minimum absolute atomic E-state index is 0.0175. The number of nitrogens with zero attached hydrogens (tertiary/aromatic N) is 1. The summed E-state index contributed by atoms with van der Waals surface area (Å²) >= 11 is 0. The summed E-state index contributed by atoms with van der Waals surface area (Å²) in [5, 5.41) is 2.40. The summed E-state index contributed by atoms with van der Waals surface area (Å²) < 4.78 is 48.4. The van der Waals surface area contributed by atoms with Crippen LogP contribution in [0, 0.1) is 10.7 Å². The molecule has 0 aromatic heterocycles. The van der Waals surface area contributed by atoms with Gasteiger partial charge in [-0.2, -0.15) is 8.42 Å². The van der Waals surface area contributed by atoms with Crippen LogP contribution in [0.25, 0.3) is 0 Å². The minimum atomic E-state index is -4.86. The average Bonchev–Trinajstić information content (AvgIpc) is 2.27. The van der Waals surface area contributed by atoms with Crippen molar-refractivity contribution in [3.05, 3.63) is 35.0 Å². The van der Waals surface area contributed by atoms with E-state index in [2.05, 4.69) is 16.5 Å². The third kappa shape index (κ3) is 3.42. The van der Waals surface area contributed by atoms with Crippen LogP contribution in [0.5, 0.6) is 5.75 Å². The molecule has 0 unspecified atom stereocenters. The molecule has 0 saturated heterocycles. The van der Waals surface area contributed by atoms with Crippen molar-refractivity contribution in [1.29, 1.82) is 0 Å². The van der Waals surface area contributed by atoms with E-state index in [9.17, 15) is 22.5 Å². The highest BCUT2D eigenvalue weighted by Gasteiger charge is 2.22. The van der Waals surface area contributed by atoms with Crippen LogP contribution in [0.4, 0.5) is 10.1 Å². The van der Waals surface area contributed by atoms with Crippen molar-refractivity contribution in [2.45, 2.75) is 11.8 Å². The Bertz CT molecular complexity index is 667. The van der Waals surface area contributed by atoms with Gasteiger partial charge in [0.15, 0.2) is 11.4 Å². The van der Waals surface area contributed by atoms with Crippen molar-refractivity contribution < 1.29 is 26.9 Å². The van der Waals surface area contributed by atoms with E-state index in [1.807, 2.05) is 0 Å². The summed E-state index contributed by atoms with van der Waals surface area (Å²) in [6.45, 7) is 4.59. The monoisotopic (exact) mass is 289 g/mol. The molecule has 0 radical (unpaired) electrons. The summed E-state index contributed by atoms with van der Waals surface area (Å²) in [5.74, 6) is -2.91. The first-order chi connectivity index (χ1) is 8.66. The van der Waals surface area contributed by atoms with Crippen molar-refractivity contribution in [2.24, 2.45) is 5.18 Å². The Balaban J connectivity index is 3.37. The summed E-state index contributed by atoms with van der Waals surface area (Å²) in [6.07, 6.45) is 0. The smallest absolute Gasteiger partial charge is 0.338 e. The highest BCUT2D eigenvalue weighted by Crippen LogP contribution is 2.32. The van der Waals surface area contributed by atoms with E-state index in [0.717, 1.165) is 0 Å². The molecule has 0 aliphatic carbocycles. The van der Waals surface area contributed by atoms with E-state index in [1.165, 1.54) is 6.92 Å². The predicted octanol–water partition coefficient (Wildman–Crippen LogP) is 1.95. The SMILES string of the molecule is C=C(C)C(=O)Oc1cc(F)c(S(=O)(=O)O)cc1N=O. The first kappa shape index (κ1) is 14.9. The summed E-state index contributed by atoms with van der Waals surface area (Å²) in [7, 11) is -4.86. The number of hydrogen-bond acceptors (Lipinski definition) is 6. The van der Waals surface area contributed by atoms with Gasteiger partial charge in [-0.05, 0) is 18.2 Å². The first-order valence-corrected chi connectivity index (χ1v) is 6.13. The molecular formula is C10H8FNO6S. The Labute approximate surface area is 107 Å². The molecule has 1 aromatic carbocycles. The number of nitroso groups, excluding NO2 is 1. The van der Waals surface area contributed by atoms with E-state index in [0.29, 0.717) is 12.1 Å². The van der Waals surface area contributed by atoms with Crippen molar-refractivity contribution >= 4 is 21.8 Å². The molecule has 1 rings (SSSR count). The Morgan fingerprint density at radius 2 is 2.05 bits per heavy atom. The number of carbonyl (C=O) groups is 1. The Hall–Kier alpha value is -2.13. The van der Waals surface area contributed by atoms with Crippen LogP contribution in [0.15, 0.2) is 34.4 Å². The lowest BCUT2D eigenvalue weighted by Gasteiger charge is -2.07. The van der Waals surface area contributed by atoms with Gasteiger partial charge in [0, 0.05) is 11.6 Å². The van der Waals surface area contributed by atoms with Gasteiger partial charge >= 0.3 is 5.97 Å². The van der Waals surface area contributed by atoms with Crippen LogP contribution >= 0.6 is 0 Å². The van der Waals surface area contributed by atoms with Crippen LogP contribution in [0.3, 0.4) is 0 Å². The highest BCUT2D eigenvalue weighted by atomic mass is 32.2. The predicted molar refractivity (Wildman–Crippen MR) is 62.1 cm³/mol. The number of hydrogen-bond donors (Lipinski definition) is 1. The number of esters is 1. The fourth-order valence-electron chi connectivity index (χ4n) is 1.06. The molecule has 0 heterocycles. The molecule has 0 atom stereocenters. The molecule has 0 bridgehead atoms. The van der Waals surface area contributed by atoms with Crippen LogP contribution in [0.1, 0.15) is 6.92 Å². The van der Waals surface area contributed by atoms with Gasteiger partial charge in [0.05, 0.1) is 0 Å². The van der Waals surface area contributed by atoms with Gasteiger partial charge in [-0.3, -0.25) is 4.55 Å². The molecule has 1 aromatic rings. The zero-order chi connectivity index (χ0) is 14.8. The van der Waals surface area contributed by atoms with Gasteiger partial charge < -0.3 is 4.74 Å². The zero-order valence-electron chi connectivity index (χ0n) is 9.58. The van der Waals surface area contributed by atoms with Gasteiger partial charge in [0.2, 0.25) is 0 Å². The number of carbonyl (C=O) groups excluding carboxylic acids is 1. The van der Waals surface area contributed by atoms with E-state index < -0.39 is 38.2 Å². The number of halogens is 1. The van der Waals surface area contributed by atoms with E-state index in [-0.39, 0.29) is 5.57 Å². The van der Waals surface area contributed by atoms with Crippen LogP contribution in [-0.4, -0.2) is 18.9 Å². The van der Waals surface area contributed by atoms with E-state index in [1.54, 1.807) is 0 Å². The molecule has 19 heavy (non-hydrogen) atoms. The molecule has 0 fully saturated rings. The van der Waals surface area contributed by atoms with E-state index >= 15 is 0 Å². The highest BCUT2D eigenvalue weighted by molar-refractivity contribution is 7.85. The molecule has 9 heteroatoms. The standard InChI is InChI=1S/C10H8FNO6S/c1-5(2)10(13)18-8-3-6(11)9(19(15,16)17)4-7(8)12-14/h3-4H,1H2,2H3,(H,15,16,17). The fraction of sp³-hybridized carbons (Fsp3) is 0.100. The third-order valence-electron chi connectivity index (χ3n) is 1.94. The van der Waals surface area contributed by atoms with Crippen LogP contribution in [-0.2, 0) is 14.9 Å². The quantitative estimate of drug-likeness (QED) is 0.298. The topological polar surface area (TPSA) is 110 Å². The maximum atomic E-state index is 13.4. The fourth-order valence-corrected chi connectivity index (χ4v) is 1.63. The average molecular weight is 289 g/mol. The largest absolute Gasteiger partial charge is 0.421 e. The lowest BCUT2D eigenvalue weighted by Crippen LogP contribution is -2.09. The normalized spacial score (nSPS) is 10.9. The molecule has 1 N–H and O–H groups in total. The first-order valence-electron chi connectivity index (χ1n) is 4.69. The summed E-state index contributed by atoms with van der Waals surface area (Å²) in [5.41, 5.74) is -0.667. The second kappa shape index (κ2) is 5.24. The Morgan fingerprint density at radius 1 is 1.47 bits per heavy atom. The lowest BCUT2D eigenvalue weighted by molar-refractivity contribution is -0.130. The van der Waals surface area contributed by atoms with Crippen molar-refractivity contribution in [3.63, 3.8) is 0 Å². The number of rotatable bonds is 4. The maximum absolute atomic E-state index is 13.4. The third-order valence-corrected chi connectivity index (χ3v) is 2.81. The molecule has 7 nitrogen and oxygen atoms in total. The van der Waals surface area contributed by atoms with E-state index in [4.69, 9.17) is 4.55 Å². The summed E-state index contributed by atoms with van der Waals surface area (Å²) in [4.78, 5) is 20.6. The molecule has 0 amide bonds. The number of benzene rings is 1. The van der Waals surface area contributed by atoms with Crippen molar-refractivity contribution in [3.8, 4) is 5.75 Å². The van der Waals surface area contributed by atoms with Crippen LogP contribution < -0.4 is 4.74 Å². The Morgan fingerprint density at radius 3 is 2.47 bits per heavy atom. The van der Waals surface area contributed by atoms with Crippen molar-refractivity contribution in [2.75, 3.05) is 0 Å². The van der Waals surface area contributed by atoms with Crippen LogP contribution in [0.2, 0.25) is 0 Å². The maximum Gasteiger partial charge on any atom is 0.338 e. The molecule has 0 spiro atoms. The lowest BCUT2D eigenvalue weighted by atomic mass is 10.3. The molecule has 0 aliphatic heterocycles. The molecule has 102 valence electrons. The van der Waals surface area contributed by atoms with Gasteiger partial charge in [0.25, 0.3) is 10.1 Å². The molecule has 0 aliphatic rings. The van der Waals surface area contributed by atoms with Crippen molar-refractivity contribution in [1.82, 2.24) is 0 Å². The Kier molecular flexibility index (Phi) is 4.12. The second-order valence-corrected chi connectivity index (χ2v) is 4.88. The minimum Gasteiger partial charge on any atom is -0.421 e. The van der Waals surface area contributed by atoms with Gasteiger partial charge in [-0.15, -0.1) is 4.91 Å². The zero-order valence-corrected chi connectivity index (χ0v) is 10.4. The van der Waals surface area contributed by atoms with Gasteiger partial charge in [-0.25, -0.2) is 9.18 Å². The summed E-state index contributed by atoms with van der Waals surface area (Å²) in [6, 6.07) is 0.916. The molecular weight excluding hydrogens is 281 g/mol.